The molecule has 0 radical (unpaired) electrons. The Bertz CT molecular complexity index is 277. The van der Waals surface area contributed by atoms with Crippen LogP contribution in [0.5, 0.6) is 0 Å². The Labute approximate surface area is 104 Å². The van der Waals surface area contributed by atoms with Crippen LogP contribution >= 0.6 is 0 Å². The first-order chi connectivity index (χ1) is 8.36. The van der Waals surface area contributed by atoms with E-state index in [4.69, 9.17) is 0 Å². The zero-order valence-electron chi connectivity index (χ0n) is 10.2. The van der Waals surface area contributed by atoms with Crippen molar-refractivity contribution >= 4 is 0 Å². The smallest absolute Gasteiger partial charge is 0.375 e. The lowest BCUT2D eigenvalue weighted by Crippen LogP contribution is -2.59. The fraction of sp³-hybridized carbons (Fsp3) is 1.00. The Morgan fingerprint density at radius 2 is 1.42 bits per heavy atom. The van der Waals surface area contributed by atoms with Crippen molar-refractivity contribution in [2.45, 2.75) is 44.5 Å². The maximum absolute atomic E-state index is 12.9. The molecule has 1 nitrogen and oxygen atoms in total. The molecule has 0 unspecified atom stereocenters. The fourth-order valence-corrected chi connectivity index (χ4v) is 0.991. The van der Waals surface area contributed by atoms with Crippen LogP contribution in [0.25, 0.3) is 0 Å². The second-order valence-corrected chi connectivity index (χ2v) is 4.44. The van der Waals surface area contributed by atoms with Crippen LogP contribution in [0.1, 0.15) is 20.3 Å². The maximum atomic E-state index is 12.9. The highest BCUT2D eigenvalue weighted by atomic mass is 19.4. The van der Waals surface area contributed by atoms with Crippen LogP contribution < -0.4 is 0 Å². The standard InChI is InChI=1S/C10H14F8O/c1-6(2)3-4-19-5-8(13,14)10(17,18)9(15,16)7(11)12/h6-7H,3-5H2,1-2H3. The van der Waals surface area contributed by atoms with E-state index in [1.807, 2.05) is 0 Å². The topological polar surface area (TPSA) is 9.23 Å². The first-order valence-electron chi connectivity index (χ1n) is 5.35. The molecule has 0 rings (SSSR count). The highest BCUT2D eigenvalue weighted by molar-refractivity contribution is 4.97. The predicted molar refractivity (Wildman–Crippen MR) is 51.1 cm³/mol. The average Bonchev–Trinajstić information content (AvgIpc) is 2.23. The van der Waals surface area contributed by atoms with Gasteiger partial charge in [-0.25, -0.2) is 8.78 Å². The van der Waals surface area contributed by atoms with E-state index in [-0.39, 0.29) is 18.9 Å². The molecular formula is C10H14F8O. The van der Waals surface area contributed by atoms with Gasteiger partial charge in [-0.3, -0.25) is 0 Å². The molecule has 0 aliphatic carbocycles. The predicted octanol–water partition coefficient (Wildman–Crippen LogP) is 4.22. The van der Waals surface area contributed by atoms with Crippen molar-refractivity contribution < 1.29 is 39.9 Å². The minimum absolute atomic E-state index is 0.0247. The summed E-state index contributed by atoms with van der Waals surface area (Å²) in [4.78, 5) is 0. The van der Waals surface area contributed by atoms with Crippen LogP contribution in [-0.4, -0.2) is 37.4 Å². The number of hydrogen-bond acceptors (Lipinski definition) is 1. The minimum atomic E-state index is -6.19. The van der Waals surface area contributed by atoms with Crippen LogP contribution in [0.3, 0.4) is 0 Å². The summed E-state index contributed by atoms with van der Waals surface area (Å²) < 4.78 is 104. The molecule has 0 N–H and O–H groups in total. The summed E-state index contributed by atoms with van der Waals surface area (Å²) in [6.07, 6.45) is -4.66. The molecule has 0 bridgehead atoms. The number of alkyl halides is 8. The Morgan fingerprint density at radius 1 is 0.947 bits per heavy atom. The van der Waals surface area contributed by atoms with Gasteiger partial charge in [0, 0.05) is 6.61 Å². The molecule has 0 heterocycles. The summed E-state index contributed by atoms with van der Waals surface area (Å²) in [6, 6.07) is 0. The van der Waals surface area contributed by atoms with Gasteiger partial charge in [-0.15, -0.1) is 0 Å². The molecule has 0 aromatic carbocycles. The van der Waals surface area contributed by atoms with Gasteiger partial charge >= 0.3 is 24.2 Å². The van der Waals surface area contributed by atoms with Gasteiger partial charge in [-0.1, -0.05) is 13.8 Å². The third-order valence-electron chi connectivity index (χ3n) is 2.27. The van der Waals surface area contributed by atoms with Crippen LogP contribution in [-0.2, 0) is 4.74 Å². The molecule has 9 heteroatoms. The molecule has 0 aliphatic rings. The molecule has 0 aliphatic heterocycles. The van der Waals surface area contributed by atoms with Gasteiger partial charge in [0.15, 0.2) is 0 Å². The number of halogens is 8. The summed E-state index contributed by atoms with van der Waals surface area (Å²) in [7, 11) is 0. The van der Waals surface area contributed by atoms with Crippen LogP contribution in [0, 0.1) is 5.92 Å². The quantitative estimate of drug-likeness (QED) is 0.482. The number of rotatable bonds is 8. The van der Waals surface area contributed by atoms with Gasteiger partial charge in [0.1, 0.15) is 6.61 Å². The third kappa shape index (κ3) is 4.19. The first-order valence-corrected chi connectivity index (χ1v) is 5.35. The van der Waals surface area contributed by atoms with E-state index in [1.54, 1.807) is 13.8 Å². The van der Waals surface area contributed by atoms with Gasteiger partial charge in [-0.05, 0) is 12.3 Å². The van der Waals surface area contributed by atoms with Crippen LogP contribution in [0.2, 0.25) is 0 Å². The van der Waals surface area contributed by atoms with Gasteiger partial charge in [0.2, 0.25) is 0 Å². The van der Waals surface area contributed by atoms with E-state index in [0.717, 1.165) is 0 Å². The Morgan fingerprint density at radius 3 is 1.79 bits per heavy atom. The third-order valence-corrected chi connectivity index (χ3v) is 2.27. The largest absolute Gasteiger partial charge is 0.380 e. The van der Waals surface area contributed by atoms with E-state index >= 15 is 0 Å². The molecule has 0 spiro atoms. The van der Waals surface area contributed by atoms with Crippen molar-refractivity contribution in [1.29, 1.82) is 0 Å². The SMILES string of the molecule is CC(C)CCOCC(F)(F)C(F)(F)C(F)(F)C(F)F. The van der Waals surface area contributed by atoms with E-state index < -0.39 is 30.8 Å². The summed E-state index contributed by atoms with van der Waals surface area (Å²) in [5.74, 6) is -17.7. The summed E-state index contributed by atoms with van der Waals surface area (Å²) in [5.41, 5.74) is 0. The highest BCUT2D eigenvalue weighted by Gasteiger charge is 2.75. The monoisotopic (exact) mass is 302 g/mol. The van der Waals surface area contributed by atoms with E-state index in [2.05, 4.69) is 4.74 Å². The lowest BCUT2D eigenvalue weighted by molar-refractivity contribution is -0.346. The van der Waals surface area contributed by atoms with Crippen molar-refractivity contribution in [2.24, 2.45) is 5.92 Å². The van der Waals surface area contributed by atoms with E-state index in [1.165, 1.54) is 0 Å². The van der Waals surface area contributed by atoms with Gasteiger partial charge in [0.05, 0.1) is 0 Å². The molecule has 0 aromatic heterocycles. The Hall–Kier alpha value is -0.600. The molecule has 0 amide bonds. The van der Waals surface area contributed by atoms with Crippen molar-refractivity contribution in [2.75, 3.05) is 13.2 Å². The lowest BCUT2D eigenvalue weighted by atomic mass is 10.1. The first kappa shape index (κ1) is 18.4. The van der Waals surface area contributed by atoms with E-state index in [0.29, 0.717) is 0 Å². The Balaban J connectivity index is 4.69. The molecule has 0 fully saturated rings. The highest BCUT2D eigenvalue weighted by Crippen LogP contribution is 2.48. The molecular weight excluding hydrogens is 288 g/mol. The maximum Gasteiger partial charge on any atom is 0.380 e. The normalized spacial score (nSPS) is 14.5. The van der Waals surface area contributed by atoms with E-state index in [9.17, 15) is 35.1 Å². The molecule has 116 valence electrons. The molecule has 0 saturated carbocycles. The second kappa shape index (κ2) is 6.23. The van der Waals surface area contributed by atoms with Crippen molar-refractivity contribution in [3.8, 4) is 0 Å². The fourth-order valence-electron chi connectivity index (χ4n) is 0.991. The average molecular weight is 302 g/mol. The molecule has 0 aromatic rings. The zero-order valence-corrected chi connectivity index (χ0v) is 10.2. The van der Waals surface area contributed by atoms with Gasteiger partial charge < -0.3 is 4.74 Å². The minimum Gasteiger partial charge on any atom is -0.375 e. The Kier molecular flexibility index (Phi) is 6.04. The van der Waals surface area contributed by atoms with Crippen molar-refractivity contribution in [3.63, 3.8) is 0 Å². The number of ether oxygens (including phenoxy) is 1. The van der Waals surface area contributed by atoms with Gasteiger partial charge in [-0.2, -0.15) is 26.3 Å². The van der Waals surface area contributed by atoms with Crippen LogP contribution in [0.15, 0.2) is 0 Å². The second-order valence-electron chi connectivity index (χ2n) is 4.44. The lowest BCUT2D eigenvalue weighted by Gasteiger charge is -2.32. The van der Waals surface area contributed by atoms with Crippen LogP contribution in [0.4, 0.5) is 35.1 Å². The molecule has 0 atom stereocenters. The summed E-state index contributed by atoms with van der Waals surface area (Å²) in [5, 5.41) is 0. The molecule has 0 saturated heterocycles. The number of hydrogen-bond donors (Lipinski definition) is 0. The van der Waals surface area contributed by atoms with Gasteiger partial charge in [0.25, 0.3) is 0 Å². The molecule has 19 heavy (non-hydrogen) atoms. The zero-order chi connectivity index (χ0) is 15.5. The van der Waals surface area contributed by atoms with Crippen molar-refractivity contribution in [3.05, 3.63) is 0 Å². The summed E-state index contributed by atoms with van der Waals surface area (Å²) >= 11 is 0. The van der Waals surface area contributed by atoms with Crippen molar-refractivity contribution in [1.82, 2.24) is 0 Å². The summed E-state index contributed by atoms with van der Waals surface area (Å²) in [6.45, 7) is 0.987.